The Hall–Kier alpha value is -1.24. The Labute approximate surface area is 126 Å². The van der Waals surface area contributed by atoms with E-state index in [9.17, 15) is 4.39 Å². The van der Waals surface area contributed by atoms with Gasteiger partial charge in [-0.15, -0.1) is 0 Å². The summed E-state index contributed by atoms with van der Waals surface area (Å²) in [4.78, 5) is 0. The highest BCUT2D eigenvalue weighted by Gasteiger charge is 2.18. The van der Waals surface area contributed by atoms with Gasteiger partial charge in [-0.25, -0.2) is 4.39 Å². The second-order valence-corrected chi connectivity index (χ2v) is 5.52. The first-order chi connectivity index (χ1) is 9.56. The van der Waals surface area contributed by atoms with Gasteiger partial charge in [-0.05, 0) is 34.5 Å². The quantitative estimate of drug-likeness (QED) is 0.649. The Kier molecular flexibility index (Phi) is 4.91. The molecule has 4 nitrogen and oxygen atoms in total. The molecule has 6 heteroatoms. The van der Waals surface area contributed by atoms with Gasteiger partial charge in [0.1, 0.15) is 5.82 Å². The summed E-state index contributed by atoms with van der Waals surface area (Å²) < 4.78 is 16.4. The summed E-state index contributed by atoms with van der Waals surface area (Å²) in [5, 5.41) is 4.40. The van der Waals surface area contributed by atoms with Gasteiger partial charge < -0.3 is 0 Å². The molecule has 2 rings (SSSR count). The minimum absolute atomic E-state index is 0.284. The Morgan fingerprint density at radius 3 is 2.85 bits per heavy atom. The lowest BCUT2D eigenvalue weighted by molar-refractivity contribution is 0.495. The molecule has 20 heavy (non-hydrogen) atoms. The average molecular weight is 341 g/mol. The maximum absolute atomic E-state index is 14.1. The van der Waals surface area contributed by atoms with Gasteiger partial charge in [0.05, 0.1) is 16.2 Å². The fourth-order valence-corrected chi connectivity index (χ4v) is 2.57. The van der Waals surface area contributed by atoms with E-state index < -0.39 is 0 Å². The van der Waals surface area contributed by atoms with E-state index in [0.29, 0.717) is 16.5 Å². The molecule has 1 unspecified atom stereocenters. The molecule has 0 aliphatic carbocycles. The smallest absolute Gasteiger partial charge is 0.142 e. The van der Waals surface area contributed by atoms with Crippen molar-refractivity contribution in [2.24, 2.45) is 12.9 Å². The summed E-state index contributed by atoms with van der Waals surface area (Å²) in [5.41, 5.74) is 5.27. The number of nitrogens with two attached hydrogens (primary N) is 1. The monoisotopic (exact) mass is 340 g/mol. The van der Waals surface area contributed by atoms with Gasteiger partial charge in [0, 0.05) is 24.7 Å². The fraction of sp³-hybridized carbons (Fsp3) is 0.357. The van der Waals surface area contributed by atoms with Gasteiger partial charge in [-0.2, -0.15) is 5.10 Å². The van der Waals surface area contributed by atoms with E-state index in [1.165, 1.54) is 0 Å². The third-order valence-corrected chi connectivity index (χ3v) is 3.97. The molecule has 1 aromatic heterocycles. The van der Waals surface area contributed by atoms with Gasteiger partial charge >= 0.3 is 0 Å². The Morgan fingerprint density at radius 1 is 1.50 bits per heavy atom. The van der Waals surface area contributed by atoms with Crippen molar-refractivity contribution in [1.82, 2.24) is 15.2 Å². The number of hydrogen-bond acceptors (Lipinski definition) is 3. The zero-order valence-electron chi connectivity index (χ0n) is 11.5. The molecule has 0 saturated carbocycles. The number of halogens is 2. The number of hydrazine groups is 1. The van der Waals surface area contributed by atoms with Crippen LogP contribution in [0.5, 0.6) is 0 Å². The highest BCUT2D eigenvalue weighted by molar-refractivity contribution is 9.10. The van der Waals surface area contributed by atoms with Crippen molar-refractivity contribution in [3.63, 3.8) is 0 Å². The van der Waals surface area contributed by atoms with Crippen LogP contribution in [-0.4, -0.2) is 9.78 Å². The lowest BCUT2D eigenvalue weighted by Crippen LogP contribution is -2.30. The first-order valence-electron chi connectivity index (χ1n) is 6.48. The zero-order valence-corrected chi connectivity index (χ0v) is 13.1. The summed E-state index contributed by atoms with van der Waals surface area (Å²) >= 11 is 3.20. The van der Waals surface area contributed by atoms with Gasteiger partial charge in [0.25, 0.3) is 0 Å². The normalized spacial score (nSPS) is 12.7. The zero-order chi connectivity index (χ0) is 14.7. The number of hydrogen-bond donors (Lipinski definition) is 2. The molecule has 0 aliphatic rings. The van der Waals surface area contributed by atoms with E-state index in [2.05, 4.69) is 33.4 Å². The molecule has 0 fully saturated rings. The fourth-order valence-electron chi connectivity index (χ4n) is 2.19. The number of aryl methyl sites for hydroxylation is 2. The lowest BCUT2D eigenvalue weighted by Gasteiger charge is -2.17. The van der Waals surface area contributed by atoms with Crippen molar-refractivity contribution in [3.8, 4) is 0 Å². The van der Waals surface area contributed by atoms with Crippen LogP contribution < -0.4 is 11.3 Å². The number of rotatable bonds is 5. The van der Waals surface area contributed by atoms with Crippen LogP contribution >= 0.6 is 15.9 Å². The molecule has 0 aliphatic heterocycles. The number of nitrogens with one attached hydrogen (secondary N) is 1. The third kappa shape index (κ3) is 3.08. The Balaban J connectivity index is 2.28. The molecule has 108 valence electrons. The lowest BCUT2D eigenvalue weighted by atomic mass is 10.0. The van der Waals surface area contributed by atoms with Crippen molar-refractivity contribution in [2.75, 3.05) is 0 Å². The van der Waals surface area contributed by atoms with E-state index in [1.54, 1.807) is 18.2 Å². The maximum Gasteiger partial charge on any atom is 0.142 e. The summed E-state index contributed by atoms with van der Waals surface area (Å²) in [6.45, 7) is 2.05. The van der Waals surface area contributed by atoms with E-state index in [-0.39, 0.29) is 11.9 Å². The SMILES string of the molecule is CCc1cc(CC(NN)c2cccc(Br)c2F)n(C)n1. The minimum Gasteiger partial charge on any atom is -0.272 e. The van der Waals surface area contributed by atoms with Crippen LogP contribution in [0.4, 0.5) is 4.39 Å². The van der Waals surface area contributed by atoms with Crippen LogP contribution in [0.2, 0.25) is 0 Å². The highest BCUT2D eigenvalue weighted by Crippen LogP contribution is 2.25. The molecule has 0 saturated heterocycles. The predicted octanol–water partition coefficient (Wildman–Crippen LogP) is 2.63. The molecule has 0 amide bonds. The average Bonchev–Trinajstić information content (AvgIpc) is 2.80. The second-order valence-electron chi connectivity index (χ2n) is 4.67. The third-order valence-electron chi connectivity index (χ3n) is 3.36. The summed E-state index contributed by atoms with van der Waals surface area (Å²) in [6.07, 6.45) is 1.45. The summed E-state index contributed by atoms with van der Waals surface area (Å²) in [5.74, 6) is 5.32. The minimum atomic E-state index is -0.299. The van der Waals surface area contributed by atoms with E-state index >= 15 is 0 Å². The molecule has 0 bridgehead atoms. The molecule has 1 atom stereocenters. The molecule has 0 spiro atoms. The second kappa shape index (κ2) is 6.47. The standard InChI is InChI=1S/C14H18BrFN4/c1-3-9-7-10(20(2)19-9)8-13(18-17)11-5-4-6-12(15)14(11)16/h4-7,13,18H,3,8,17H2,1-2H3. The van der Waals surface area contributed by atoms with Crippen molar-refractivity contribution in [1.29, 1.82) is 0 Å². The molecule has 1 aromatic carbocycles. The Morgan fingerprint density at radius 2 is 2.25 bits per heavy atom. The van der Waals surface area contributed by atoms with Crippen molar-refractivity contribution < 1.29 is 4.39 Å². The molecular weight excluding hydrogens is 323 g/mol. The van der Waals surface area contributed by atoms with E-state index in [1.807, 2.05) is 17.8 Å². The summed E-state index contributed by atoms with van der Waals surface area (Å²) in [7, 11) is 1.89. The highest BCUT2D eigenvalue weighted by atomic mass is 79.9. The van der Waals surface area contributed by atoms with E-state index in [4.69, 9.17) is 5.84 Å². The molecule has 2 aromatic rings. The van der Waals surface area contributed by atoms with E-state index in [0.717, 1.165) is 17.8 Å². The van der Waals surface area contributed by atoms with Crippen molar-refractivity contribution in [3.05, 3.63) is 51.5 Å². The predicted molar refractivity (Wildman–Crippen MR) is 80.5 cm³/mol. The van der Waals surface area contributed by atoms with Gasteiger partial charge in [-0.1, -0.05) is 19.1 Å². The van der Waals surface area contributed by atoms with Crippen molar-refractivity contribution >= 4 is 15.9 Å². The maximum atomic E-state index is 14.1. The molecular formula is C14H18BrFN4. The van der Waals surface area contributed by atoms with Gasteiger partial charge in [0.15, 0.2) is 0 Å². The van der Waals surface area contributed by atoms with Crippen LogP contribution in [0.25, 0.3) is 0 Å². The van der Waals surface area contributed by atoms with Gasteiger partial charge in [-0.3, -0.25) is 16.0 Å². The topological polar surface area (TPSA) is 55.9 Å². The molecule has 3 N–H and O–H groups in total. The largest absolute Gasteiger partial charge is 0.272 e. The van der Waals surface area contributed by atoms with Crippen LogP contribution in [0, 0.1) is 5.82 Å². The first-order valence-corrected chi connectivity index (χ1v) is 7.28. The number of nitrogens with zero attached hydrogens (tertiary/aromatic N) is 2. The van der Waals surface area contributed by atoms with Crippen molar-refractivity contribution in [2.45, 2.75) is 25.8 Å². The Bertz CT molecular complexity index is 597. The summed E-state index contributed by atoms with van der Waals surface area (Å²) in [6, 6.07) is 6.94. The first kappa shape index (κ1) is 15.2. The van der Waals surface area contributed by atoms with Gasteiger partial charge in [0.2, 0.25) is 0 Å². The van der Waals surface area contributed by atoms with Crippen LogP contribution in [0.3, 0.4) is 0 Å². The molecule has 1 heterocycles. The number of benzene rings is 1. The number of aromatic nitrogens is 2. The van der Waals surface area contributed by atoms with Crippen LogP contribution in [-0.2, 0) is 19.9 Å². The van der Waals surface area contributed by atoms with Crippen LogP contribution in [0.1, 0.15) is 29.9 Å². The van der Waals surface area contributed by atoms with Crippen LogP contribution in [0.15, 0.2) is 28.7 Å². The molecule has 0 radical (unpaired) electrons.